The summed E-state index contributed by atoms with van der Waals surface area (Å²) in [6, 6.07) is 9.91. The van der Waals surface area contributed by atoms with Crippen molar-refractivity contribution in [2.24, 2.45) is 5.41 Å². The van der Waals surface area contributed by atoms with Gasteiger partial charge in [-0.2, -0.15) is 0 Å². The van der Waals surface area contributed by atoms with E-state index in [0.29, 0.717) is 0 Å². The van der Waals surface area contributed by atoms with Crippen molar-refractivity contribution in [3.63, 3.8) is 0 Å². The van der Waals surface area contributed by atoms with Crippen molar-refractivity contribution in [3.8, 4) is 0 Å². The average Bonchev–Trinajstić information content (AvgIpc) is 2.05. The van der Waals surface area contributed by atoms with Gasteiger partial charge in [0.15, 0.2) is 0 Å². The molecule has 0 bridgehead atoms. The molecule has 0 saturated carbocycles. The fourth-order valence-electron chi connectivity index (χ4n) is 1.44. The number of hydrogen-bond donors (Lipinski definition) is 1. The maximum Gasteiger partial charge on any atom is 0.116 e. The van der Waals surface area contributed by atoms with Crippen molar-refractivity contribution in [1.82, 2.24) is 0 Å². The zero-order valence-corrected chi connectivity index (χ0v) is 8.45. The Balaban J connectivity index is 2.92. The molecule has 0 amide bonds. The van der Waals surface area contributed by atoms with Crippen molar-refractivity contribution < 1.29 is 5.48 Å². The first-order valence-corrected chi connectivity index (χ1v) is 4.56. The summed E-state index contributed by atoms with van der Waals surface area (Å²) in [6.07, 6.45) is 0. The van der Waals surface area contributed by atoms with Gasteiger partial charge in [0.1, 0.15) is 6.04 Å². The van der Waals surface area contributed by atoms with Crippen LogP contribution in [-0.4, -0.2) is 0 Å². The Bertz CT molecular complexity index is 251. The van der Waals surface area contributed by atoms with Gasteiger partial charge >= 0.3 is 0 Å². The molecule has 1 atom stereocenters. The van der Waals surface area contributed by atoms with Gasteiger partial charge < -0.3 is 10.7 Å². The van der Waals surface area contributed by atoms with Crippen LogP contribution in [-0.2, 0) is 0 Å². The van der Waals surface area contributed by atoms with E-state index in [1.54, 1.807) is 0 Å². The Morgan fingerprint density at radius 1 is 1.15 bits per heavy atom. The topological polar surface area (TPSA) is 39.7 Å². The third kappa shape index (κ3) is 2.54. The molecule has 72 valence electrons. The number of benzene rings is 1. The van der Waals surface area contributed by atoms with Gasteiger partial charge in [0.05, 0.1) is 0 Å². The average molecular weight is 179 g/mol. The Morgan fingerprint density at radius 2 is 1.69 bits per heavy atom. The highest BCUT2D eigenvalue weighted by molar-refractivity contribution is 5.18. The molecular formula is C11H17NO. The molecule has 1 rings (SSSR count). The van der Waals surface area contributed by atoms with Gasteiger partial charge in [-0.15, -0.1) is 0 Å². The van der Waals surface area contributed by atoms with E-state index in [4.69, 9.17) is 0 Å². The normalized spacial score (nSPS) is 14.2. The summed E-state index contributed by atoms with van der Waals surface area (Å²) in [5.74, 6) is 0. The maximum atomic E-state index is 11.0. The highest BCUT2D eigenvalue weighted by Crippen LogP contribution is 2.28. The number of nitrogens with two attached hydrogens (primary N) is 1. The molecule has 0 radical (unpaired) electrons. The monoisotopic (exact) mass is 179 g/mol. The predicted molar refractivity (Wildman–Crippen MR) is 53.9 cm³/mol. The third-order valence-electron chi connectivity index (χ3n) is 2.23. The largest absolute Gasteiger partial charge is 0.635 e. The van der Waals surface area contributed by atoms with E-state index in [2.05, 4.69) is 20.8 Å². The molecule has 1 unspecified atom stereocenters. The molecule has 2 heteroatoms. The first-order chi connectivity index (χ1) is 6.05. The molecule has 0 aromatic heterocycles. The van der Waals surface area contributed by atoms with Crippen molar-refractivity contribution in [2.45, 2.75) is 26.8 Å². The van der Waals surface area contributed by atoms with Crippen LogP contribution in [0, 0.1) is 10.6 Å². The molecule has 1 aromatic rings. The number of hydroxylamine groups is 1. The smallest absolute Gasteiger partial charge is 0.116 e. The van der Waals surface area contributed by atoms with Crippen LogP contribution in [0.5, 0.6) is 0 Å². The molecular weight excluding hydrogens is 162 g/mol. The summed E-state index contributed by atoms with van der Waals surface area (Å²) in [5.41, 5.74) is 2.14. The molecule has 0 aliphatic carbocycles. The van der Waals surface area contributed by atoms with Crippen molar-refractivity contribution >= 4 is 0 Å². The summed E-state index contributed by atoms with van der Waals surface area (Å²) < 4.78 is 0. The van der Waals surface area contributed by atoms with E-state index < -0.39 is 0 Å². The van der Waals surface area contributed by atoms with Gasteiger partial charge in [0, 0.05) is 11.0 Å². The van der Waals surface area contributed by atoms with E-state index in [1.807, 2.05) is 30.3 Å². The zero-order valence-electron chi connectivity index (χ0n) is 8.45. The second-order valence-corrected chi connectivity index (χ2v) is 4.39. The van der Waals surface area contributed by atoms with Crippen molar-refractivity contribution in [3.05, 3.63) is 41.1 Å². The van der Waals surface area contributed by atoms with Crippen LogP contribution in [0.3, 0.4) is 0 Å². The summed E-state index contributed by atoms with van der Waals surface area (Å²) in [4.78, 5) is 0. The fraction of sp³-hybridized carbons (Fsp3) is 0.455. The molecule has 0 fully saturated rings. The standard InChI is InChI=1S/C11H17NO/c1-11(2,3)10(12-13)9-7-5-4-6-8-9/h4-8,10H,12H2,1-3H3. The Kier molecular flexibility index (Phi) is 3.07. The van der Waals surface area contributed by atoms with E-state index in [-0.39, 0.29) is 11.5 Å². The molecule has 0 aliphatic rings. The number of rotatable bonds is 2. The lowest BCUT2D eigenvalue weighted by molar-refractivity contribution is -0.649. The van der Waals surface area contributed by atoms with Gasteiger partial charge in [-0.05, 0) is 0 Å². The maximum absolute atomic E-state index is 11.0. The lowest BCUT2D eigenvalue weighted by Gasteiger charge is -2.30. The van der Waals surface area contributed by atoms with Gasteiger partial charge in [-0.1, -0.05) is 51.1 Å². The second-order valence-electron chi connectivity index (χ2n) is 4.39. The first-order valence-electron chi connectivity index (χ1n) is 4.56. The van der Waals surface area contributed by atoms with Crippen LogP contribution in [0.15, 0.2) is 30.3 Å². The van der Waals surface area contributed by atoms with Gasteiger partial charge in [-0.25, -0.2) is 0 Å². The van der Waals surface area contributed by atoms with Crippen LogP contribution < -0.4 is 5.48 Å². The van der Waals surface area contributed by atoms with Crippen LogP contribution in [0.25, 0.3) is 0 Å². The highest BCUT2D eigenvalue weighted by Gasteiger charge is 2.26. The Labute approximate surface area is 79.6 Å². The van der Waals surface area contributed by atoms with Gasteiger partial charge in [0.2, 0.25) is 0 Å². The first kappa shape index (κ1) is 10.2. The molecule has 0 aliphatic heterocycles. The minimum absolute atomic E-state index is 0.00308. The van der Waals surface area contributed by atoms with Gasteiger partial charge in [-0.3, -0.25) is 0 Å². The highest BCUT2D eigenvalue weighted by atomic mass is 16.5. The third-order valence-corrected chi connectivity index (χ3v) is 2.23. The molecule has 13 heavy (non-hydrogen) atoms. The van der Waals surface area contributed by atoms with E-state index in [1.165, 1.54) is 0 Å². The molecule has 0 saturated heterocycles. The Morgan fingerprint density at radius 3 is 2.08 bits per heavy atom. The number of hydrogen-bond acceptors (Lipinski definition) is 1. The van der Waals surface area contributed by atoms with Gasteiger partial charge in [0.25, 0.3) is 0 Å². The quantitative estimate of drug-likeness (QED) is 0.691. The van der Waals surface area contributed by atoms with E-state index in [0.717, 1.165) is 11.0 Å². The van der Waals surface area contributed by atoms with Crippen molar-refractivity contribution in [2.75, 3.05) is 0 Å². The molecule has 2 N–H and O–H groups in total. The molecule has 1 aromatic carbocycles. The summed E-state index contributed by atoms with van der Waals surface area (Å²) in [7, 11) is 0. The van der Waals surface area contributed by atoms with Crippen LogP contribution in [0.2, 0.25) is 0 Å². The molecule has 0 spiro atoms. The molecule has 2 nitrogen and oxygen atoms in total. The lowest BCUT2D eigenvalue weighted by atomic mass is 9.83. The SMILES string of the molecule is CC(C)(C)C([NH2+][O-])c1ccccc1. The van der Waals surface area contributed by atoms with E-state index >= 15 is 0 Å². The molecule has 0 heterocycles. The number of quaternary nitrogens is 1. The minimum Gasteiger partial charge on any atom is -0.635 e. The minimum atomic E-state index is -0.00583. The second kappa shape index (κ2) is 3.90. The predicted octanol–water partition coefficient (Wildman–Crippen LogP) is 1.83. The summed E-state index contributed by atoms with van der Waals surface area (Å²) >= 11 is 0. The van der Waals surface area contributed by atoms with E-state index in [9.17, 15) is 5.21 Å². The summed E-state index contributed by atoms with van der Waals surface area (Å²) in [5, 5.41) is 11.0. The van der Waals surface area contributed by atoms with Crippen LogP contribution >= 0.6 is 0 Å². The van der Waals surface area contributed by atoms with Crippen molar-refractivity contribution in [1.29, 1.82) is 0 Å². The van der Waals surface area contributed by atoms with Crippen LogP contribution in [0.1, 0.15) is 32.4 Å². The zero-order chi connectivity index (χ0) is 9.90. The Hall–Kier alpha value is -0.860. The van der Waals surface area contributed by atoms with Crippen LogP contribution in [0.4, 0.5) is 0 Å². The fourth-order valence-corrected chi connectivity index (χ4v) is 1.44. The lowest BCUT2D eigenvalue weighted by Crippen LogP contribution is -2.81. The summed E-state index contributed by atoms with van der Waals surface area (Å²) in [6.45, 7) is 6.25.